The van der Waals surface area contributed by atoms with Crippen LogP contribution in [-0.4, -0.2) is 49.1 Å². The second-order valence-corrected chi connectivity index (χ2v) is 5.12. The largest absolute Gasteiger partial charge is 0.462 e. The summed E-state index contributed by atoms with van der Waals surface area (Å²) in [7, 11) is 0. The molecule has 0 aliphatic rings. The predicted octanol–water partition coefficient (Wildman–Crippen LogP) is 2.21. The minimum absolute atomic E-state index is 0.201. The van der Waals surface area contributed by atoms with Crippen molar-refractivity contribution in [3.63, 3.8) is 0 Å². The Labute approximate surface area is 132 Å². The van der Waals surface area contributed by atoms with Crippen LogP contribution in [0.4, 0.5) is 5.69 Å². The molecule has 0 atom stereocenters. The van der Waals surface area contributed by atoms with Crippen molar-refractivity contribution in [2.45, 2.75) is 32.6 Å². The third kappa shape index (κ3) is 6.45. The van der Waals surface area contributed by atoms with E-state index in [-0.39, 0.29) is 19.2 Å². The number of hydrogen-bond acceptors (Lipinski definition) is 5. The number of aliphatic hydroxyl groups is 2. The van der Waals surface area contributed by atoms with Gasteiger partial charge in [-0.3, -0.25) is 0 Å². The van der Waals surface area contributed by atoms with Crippen LogP contribution in [0.3, 0.4) is 0 Å². The number of benzene rings is 1. The van der Waals surface area contributed by atoms with E-state index in [1.165, 1.54) is 0 Å². The molecule has 2 N–H and O–H groups in total. The number of carbonyl (C=O) groups is 1. The molecule has 124 valence electrons. The van der Waals surface area contributed by atoms with Crippen LogP contribution in [-0.2, 0) is 4.74 Å². The number of hydrogen-bond donors (Lipinski definition) is 2. The Morgan fingerprint density at radius 2 is 1.55 bits per heavy atom. The molecule has 1 aromatic carbocycles. The van der Waals surface area contributed by atoms with Crippen LogP contribution in [0.2, 0.25) is 0 Å². The van der Waals surface area contributed by atoms with Crippen molar-refractivity contribution in [1.82, 2.24) is 0 Å². The molecule has 0 radical (unpaired) electrons. The zero-order valence-corrected chi connectivity index (χ0v) is 13.3. The number of esters is 1. The summed E-state index contributed by atoms with van der Waals surface area (Å²) in [6.45, 7) is 4.26. The summed E-state index contributed by atoms with van der Waals surface area (Å²) in [5.41, 5.74) is 1.60. The molecular formula is C17H27NO4. The number of nitrogens with zero attached hydrogens (tertiary/aromatic N) is 1. The van der Waals surface area contributed by atoms with Crippen molar-refractivity contribution in [3.05, 3.63) is 29.8 Å². The van der Waals surface area contributed by atoms with Crippen molar-refractivity contribution in [2.24, 2.45) is 0 Å². The average Bonchev–Trinajstić information content (AvgIpc) is 2.54. The lowest BCUT2D eigenvalue weighted by Gasteiger charge is -2.25. The third-order valence-corrected chi connectivity index (χ3v) is 3.42. The molecule has 0 amide bonds. The highest BCUT2D eigenvalue weighted by molar-refractivity contribution is 5.89. The van der Waals surface area contributed by atoms with Crippen molar-refractivity contribution < 1.29 is 19.7 Å². The Balaban J connectivity index is 2.68. The van der Waals surface area contributed by atoms with Crippen LogP contribution >= 0.6 is 0 Å². The van der Waals surface area contributed by atoms with Crippen molar-refractivity contribution in [2.75, 3.05) is 37.8 Å². The van der Waals surface area contributed by atoms with Gasteiger partial charge in [0.1, 0.15) is 0 Å². The Morgan fingerprint density at radius 3 is 2.00 bits per heavy atom. The molecule has 0 aliphatic carbocycles. The summed E-state index contributed by atoms with van der Waals surface area (Å²) in [4.78, 5) is 13.9. The minimum Gasteiger partial charge on any atom is -0.462 e. The summed E-state index contributed by atoms with van der Waals surface area (Å²) >= 11 is 0. The first-order valence-corrected chi connectivity index (χ1v) is 7.96. The first-order valence-electron chi connectivity index (χ1n) is 7.96. The topological polar surface area (TPSA) is 70.0 Å². The first-order chi connectivity index (χ1) is 10.7. The highest BCUT2D eigenvalue weighted by Gasteiger charge is 2.09. The summed E-state index contributed by atoms with van der Waals surface area (Å²) in [6, 6.07) is 7.39. The van der Waals surface area contributed by atoms with Gasteiger partial charge >= 0.3 is 5.97 Å². The monoisotopic (exact) mass is 309 g/mol. The Hall–Kier alpha value is -1.59. The second-order valence-electron chi connectivity index (χ2n) is 5.12. The van der Waals surface area contributed by atoms with Crippen molar-refractivity contribution in [1.29, 1.82) is 0 Å². The van der Waals surface area contributed by atoms with Gasteiger partial charge in [-0.15, -0.1) is 0 Å². The number of rotatable bonds is 11. The van der Waals surface area contributed by atoms with Gasteiger partial charge < -0.3 is 19.8 Å². The van der Waals surface area contributed by atoms with Gasteiger partial charge in [-0.05, 0) is 56.9 Å². The Bertz CT molecular complexity index is 409. The molecule has 0 bridgehead atoms. The predicted molar refractivity (Wildman–Crippen MR) is 87.3 cm³/mol. The van der Waals surface area contributed by atoms with E-state index in [4.69, 9.17) is 14.9 Å². The second kappa shape index (κ2) is 11.0. The minimum atomic E-state index is -0.304. The number of anilines is 1. The van der Waals surface area contributed by atoms with Gasteiger partial charge in [0.2, 0.25) is 0 Å². The first kappa shape index (κ1) is 18.5. The molecular weight excluding hydrogens is 282 g/mol. The van der Waals surface area contributed by atoms with E-state index in [0.717, 1.165) is 44.5 Å². The molecule has 0 spiro atoms. The van der Waals surface area contributed by atoms with E-state index in [9.17, 15) is 4.79 Å². The van der Waals surface area contributed by atoms with Crippen LogP contribution in [0.25, 0.3) is 0 Å². The molecule has 0 unspecified atom stereocenters. The molecule has 0 aliphatic heterocycles. The maximum absolute atomic E-state index is 11.7. The maximum atomic E-state index is 11.7. The maximum Gasteiger partial charge on any atom is 0.338 e. The molecule has 0 saturated heterocycles. The summed E-state index contributed by atoms with van der Waals surface area (Å²) in [5.74, 6) is -0.304. The van der Waals surface area contributed by atoms with Gasteiger partial charge in [0.25, 0.3) is 0 Å². The molecule has 1 rings (SSSR count). The van der Waals surface area contributed by atoms with Gasteiger partial charge in [0, 0.05) is 32.0 Å². The van der Waals surface area contributed by atoms with Crippen LogP contribution < -0.4 is 4.90 Å². The lowest BCUT2D eigenvalue weighted by molar-refractivity contribution is 0.0526. The molecule has 0 heterocycles. The third-order valence-electron chi connectivity index (χ3n) is 3.42. The molecule has 22 heavy (non-hydrogen) atoms. The van der Waals surface area contributed by atoms with E-state index >= 15 is 0 Å². The van der Waals surface area contributed by atoms with Crippen LogP contribution in [0.1, 0.15) is 43.0 Å². The highest BCUT2D eigenvalue weighted by atomic mass is 16.5. The number of carbonyl (C=O) groups excluding carboxylic acids is 1. The lowest BCUT2D eigenvalue weighted by Crippen LogP contribution is -2.26. The normalized spacial score (nSPS) is 10.5. The number of unbranched alkanes of at least 4 members (excludes halogenated alkanes) is 2. The van der Waals surface area contributed by atoms with E-state index in [0.29, 0.717) is 12.2 Å². The fraction of sp³-hybridized carbons (Fsp3) is 0.588. The zero-order valence-electron chi connectivity index (χ0n) is 13.3. The molecule has 5 heteroatoms. The fourth-order valence-electron chi connectivity index (χ4n) is 2.22. The van der Waals surface area contributed by atoms with Crippen LogP contribution in [0.15, 0.2) is 24.3 Å². The van der Waals surface area contributed by atoms with Crippen molar-refractivity contribution >= 4 is 11.7 Å². The molecule has 0 fully saturated rings. The van der Waals surface area contributed by atoms with E-state index in [1.54, 1.807) is 19.1 Å². The number of aliphatic hydroxyl groups excluding tert-OH is 2. The fourth-order valence-corrected chi connectivity index (χ4v) is 2.22. The van der Waals surface area contributed by atoms with E-state index in [1.807, 2.05) is 12.1 Å². The smallest absolute Gasteiger partial charge is 0.338 e. The quantitative estimate of drug-likeness (QED) is 0.484. The highest BCUT2D eigenvalue weighted by Crippen LogP contribution is 2.17. The summed E-state index contributed by atoms with van der Waals surface area (Å²) < 4.78 is 4.98. The van der Waals surface area contributed by atoms with Crippen molar-refractivity contribution in [3.8, 4) is 0 Å². The SMILES string of the molecule is CCOC(=O)c1ccc(N(CCCCO)CCCCO)cc1. The van der Waals surface area contributed by atoms with Gasteiger partial charge in [-0.25, -0.2) is 4.79 Å². The summed E-state index contributed by atoms with van der Waals surface area (Å²) in [6.07, 6.45) is 3.37. The van der Waals surface area contributed by atoms with Gasteiger partial charge in [-0.1, -0.05) is 0 Å². The summed E-state index contributed by atoms with van der Waals surface area (Å²) in [5, 5.41) is 17.8. The Kier molecular flexibility index (Phi) is 9.26. The van der Waals surface area contributed by atoms with E-state index in [2.05, 4.69) is 4.90 Å². The van der Waals surface area contributed by atoms with E-state index < -0.39 is 0 Å². The van der Waals surface area contributed by atoms with Gasteiger partial charge in [0.15, 0.2) is 0 Å². The molecule has 5 nitrogen and oxygen atoms in total. The number of ether oxygens (including phenoxy) is 1. The average molecular weight is 309 g/mol. The lowest BCUT2D eigenvalue weighted by atomic mass is 10.1. The van der Waals surface area contributed by atoms with Gasteiger partial charge in [0.05, 0.1) is 12.2 Å². The van der Waals surface area contributed by atoms with Crippen LogP contribution in [0, 0.1) is 0 Å². The molecule has 0 saturated carbocycles. The van der Waals surface area contributed by atoms with Gasteiger partial charge in [-0.2, -0.15) is 0 Å². The molecule has 0 aromatic heterocycles. The Morgan fingerprint density at radius 1 is 1.00 bits per heavy atom. The molecule has 1 aromatic rings. The standard InChI is InChI=1S/C17H27NO4/c1-2-22-17(21)15-7-9-16(10-8-15)18(11-3-5-13-19)12-4-6-14-20/h7-10,19-20H,2-6,11-14H2,1H3. The van der Waals surface area contributed by atoms with Crippen LogP contribution in [0.5, 0.6) is 0 Å². The zero-order chi connectivity index (χ0) is 16.2.